The van der Waals surface area contributed by atoms with Gasteiger partial charge in [-0.05, 0) is 37.7 Å². The predicted molar refractivity (Wildman–Crippen MR) is 90.7 cm³/mol. The molecule has 0 atom stereocenters. The van der Waals surface area contributed by atoms with Gasteiger partial charge in [0.2, 0.25) is 0 Å². The largest absolute Gasteiger partial charge is 0.323 e. The second-order valence-electron chi connectivity index (χ2n) is 7.13. The Morgan fingerprint density at radius 1 is 1.00 bits per heavy atom. The molecule has 0 amide bonds. The molecule has 2 fully saturated rings. The van der Waals surface area contributed by atoms with E-state index in [9.17, 15) is 0 Å². The minimum atomic E-state index is 0.964. The van der Waals surface area contributed by atoms with Gasteiger partial charge in [-0.1, -0.05) is 41.1 Å². The highest BCUT2D eigenvalue weighted by Crippen LogP contribution is 2.22. The third kappa shape index (κ3) is 4.08. The van der Waals surface area contributed by atoms with E-state index in [2.05, 4.69) is 47.1 Å². The zero-order valence-corrected chi connectivity index (χ0v) is 14.8. The van der Waals surface area contributed by atoms with Gasteiger partial charge < -0.3 is 9.80 Å². The summed E-state index contributed by atoms with van der Waals surface area (Å²) in [5.74, 6) is 0.975. The number of halogens is 1. The minimum Gasteiger partial charge on any atom is -0.323 e. The number of hydrogen-bond donors (Lipinski definition) is 2. The standard InChI is InChI=1S/C18H27BrN2/c1-15-6-8-17(9-7-15)21-12-10-20(11-13-21)14-16-4-2-3-5-18(16)19/h2-5,15,17H,6-14H2,1H3/p+2. The van der Waals surface area contributed by atoms with Crippen LogP contribution >= 0.6 is 15.9 Å². The van der Waals surface area contributed by atoms with Crippen molar-refractivity contribution in [1.29, 1.82) is 0 Å². The molecule has 1 saturated heterocycles. The van der Waals surface area contributed by atoms with Gasteiger partial charge >= 0.3 is 0 Å². The van der Waals surface area contributed by atoms with E-state index in [1.807, 2.05) is 4.90 Å². The van der Waals surface area contributed by atoms with Crippen molar-refractivity contribution in [3.63, 3.8) is 0 Å². The number of rotatable bonds is 3. The number of benzene rings is 1. The Hall–Kier alpha value is -0.380. The van der Waals surface area contributed by atoms with Crippen LogP contribution in [-0.2, 0) is 6.54 Å². The Kier molecular flexibility index (Phi) is 5.36. The fourth-order valence-electron chi connectivity index (χ4n) is 4.09. The van der Waals surface area contributed by atoms with Crippen molar-refractivity contribution < 1.29 is 9.80 Å². The predicted octanol–water partition coefficient (Wildman–Crippen LogP) is 1.31. The van der Waals surface area contributed by atoms with Gasteiger partial charge in [0.1, 0.15) is 32.7 Å². The van der Waals surface area contributed by atoms with E-state index in [1.54, 1.807) is 4.90 Å². The topological polar surface area (TPSA) is 8.88 Å². The summed E-state index contributed by atoms with van der Waals surface area (Å²) < 4.78 is 1.27. The summed E-state index contributed by atoms with van der Waals surface area (Å²) in [6.07, 6.45) is 5.86. The molecule has 3 rings (SSSR count). The Balaban J connectivity index is 1.48. The van der Waals surface area contributed by atoms with Crippen LogP contribution in [0.1, 0.15) is 38.2 Å². The molecule has 2 nitrogen and oxygen atoms in total. The molecule has 21 heavy (non-hydrogen) atoms. The summed E-state index contributed by atoms with van der Waals surface area (Å²) in [5.41, 5.74) is 1.46. The zero-order chi connectivity index (χ0) is 14.7. The molecule has 0 bridgehead atoms. The van der Waals surface area contributed by atoms with Crippen LogP contribution in [0.15, 0.2) is 28.7 Å². The van der Waals surface area contributed by atoms with Crippen molar-refractivity contribution in [3.8, 4) is 0 Å². The number of hydrogen-bond acceptors (Lipinski definition) is 0. The molecular weight excluding hydrogens is 324 g/mol. The Labute approximate surface area is 137 Å². The molecule has 0 aromatic heterocycles. The highest BCUT2D eigenvalue weighted by Gasteiger charge is 2.31. The van der Waals surface area contributed by atoms with E-state index in [1.165, 1.54) is 68.4 Å². The van der Waals surface area contributed by atoms with Crippen molar-refractivity contribution in [3.05, 3.63) is 34.3 Å². The molecule has 1 aromatic rings. The van der Waals surface area contributed by atoms with Gasteiger partial charge in [0.15, 0.2) is 0 Å². The van der Waals surface area contributed by atoms with E-state index < -0.39 is 0 Å². The summed E-state index contributed by atoms with van der Waals surface area (Å²) in [7, 11) is 0. The molecule has 1 heterocycles. The first-order valence-electron chi connectivity index (χ1n) is 8.64. The van der Waals surface area contributed by atoms with Crippen LogP contribution in [0, 0.1) is 5.92 Å². The van der Waals surface area contributed by atoms with E-state index in [0.29, 0.717) is 0 Å². The van der Waals surface area contributed by atoms with Gasteiger partial charge in [0.25, 0.3) is 0 Å². The van der Waals surface area contributed by atoms with E-state index in [-0.39, 0.29) is 0 Å². The first-order valence-corrected chi connectivity index (χ1v) is 9.43. The van der Waals surface area contributed by atoms with E-state index >= 15 is 0 Å². The number of quaternary nitrogens is 2. The smallest absolute Gasteiger partial charge is 0.127 e. The maximum atomic E-state index is 3.68. The van der Waals surface area contributed by atoms with Crippen LogP contribution in [-0.4, -0.2) is 32.2 Å². The summed E-state index contributed by atoms with van der Waals surface area (Å²) in [6.45, 7) is 9.02. The lowest BCUT2D eigenvalue weighted by atomic mass is 9.86. The van der Waals surface area contributed by atoms with Crippen LogP contribution in [0.4, 0.5) is 0 Å². The molecule has 0 spiro atoms. The monoisotopic (exact) mass is 352 g/mol. The van der Waals surface area contributed by atoms with Gasteiger partial charge in [0.05, 0.1) is 6.04 Å². The molecule has 116 valence electrons. The lowest BCUT2D eigenvalue weighted by molar-refractivity contribution is -1.03. The molecule has 3 heteroatoms. The lowest BCUT2D eigenvalue weighted by Crippen LogP contribution is -3.29. The third-order valence-electron chi connectivity index (χ3n) is 5.59. The average Bonchev–Trinajstić information content (AvgIpc) is 2.51. The maximum absolute atomic E-state index is 3.68. The van der Waals surface area contributed by atoms with Crippen molar-refractivity contribution >= 4 is 15.9 Å². The van der Waals surface area contributed by atoms with Crippen LogP contribution in [0.2, 0.25) is 0 Å². The minimum absolute atomic E-state index is 0.964. The maximum Gasteiger partial charge on any atom is 0.127 e. The van der Waals surface area contributed by atoms with Crippen LogP contribution in [0.5, 0.6) is 0 Å². The Morgan fingerprint density at radius 2 is 1.67 bits per heavy atom. The number of nitrogens with one attached hydrogen (secondary N) is 2. The Bertz CT molecular complexity index is 446. The average molecular weight is 353 g/mol. The quantitative estimate of drug-likeness (QED) is 0.811. The summed E-state index contributed by atoms with van der Waals surface area (Å²) in [4.78, 5) is 3.66. The summed E-state index contributed by atoms with van der Waals surface area (Å²) in [5, 5.41) is 0. The van der Waals surface area contributed by atoms with Crippen molar-refractivity contribution in [2.24, 2.45) is 5.92 Å². The lowest BCUT2D eigenvalue weighted by Gasteiger charge is -2.37. The fraction of sp³-hybridized carbons (Fsp3) is 0.667. The molecular formula is C18H29BrN2+2. The van der Waals surface area contributed by atoms with Gasteiger partial charge in [-0.2, -0.15) is 0 Å². The highest BCUT2D eigenvalue weighted by atomic mass is 79.9. The van der Waals surface area contributed by atoms with Crippen molar-refractivity contribution in [1.82, 2.24) is 0 Å². The first-order chi connectivity index (χ1) is 10.2. The van der Waals surface area contributed by atoms with Crippen LogP contribution in [0.3, 0.4) is 0 Å². The van der Waals surface area contributed by atoms with Gasteiger partial charge in [-0.15, -0.1) is 0 Å². The summed E-state index contributed by atoms with van der Waals surface area (Å²) >= 11 is 3.68. The van der Waals surface area contributed by atoms with E-state index in [0.717, 1.165) is 12.0 Å². The third-order valence-corrected chi connectivity index (χ3v) is 6.36. The normalized spacial score (nSPS) is 33.8. The molecule has 1 aliphatic carbocycles. The van der Waals surface area contributed by atoms with Gasteiger partial charge in [0, 0.05) is 10.0 Å². The van der Waals surface area contributed by atoms with Gasteiger partial charge in [-0.25, -0.2) is 0 Å². The van der Waals surface area contributed by atoms with Gasteiger partial charge in [-0.3, -0.25) is 0 Å². The Morgan fingerprint density at radius 3 is 2.33 bits per heavy atom. The fourth-order valence-corrected chi connectivity index (χ4v) is 4.51. The highest BCUT2D eigenvalue weighted by molar-refractivity contribution is 9.10. The molecule has 0 unspecified atom stereocenters. The number of piperazine rings is 1. The van der Waals surface area contributed by atoms with Crippen molar-refractivity contribution in [2.75, 3.05) is 26.2 Å². The van der Waals surface area contributed by atoms with E-state index in [4.69, 9.17) is 0 Å². The molecule has 2 N–H and O–H groups in total. The molecule has 1 saturated carbocycles. The SMILES string of the molecule is CC1CCC([NH+]2CC[NH+](Cc3ccccc3Br)CC2)CC1. The van der Waals surface area contributed by atoms with Crippen molar-refractivity contribution in [2.45, 2.75) is 45.2 Å². The molecule has 1 aromatic carbocycles. The molecule has 2 aliphatic rings. The van der Waals surface area contributed by atoms with Crippen LogP contribution < -0.4 is 9.80 Å². The molecule has 0 radical (unpaired) electrons. The molecule has 1 aliphatic heterocycles. The summed E-state index contributed by atoms with van der Waals surface area (Å²) in [6, 6.07) is 9.66. The zero-order valence-electron chi connectivity index (χ0n) is 13.2. The second kappa shape index (κ2) is 7.26. The van der Waals surface area contributed by atoms with Crippen LogP contribution in [0.25, 0.3) is 0 Å². The first kappa shape index (κ1) is 15.5. The second-order valence-corrected chi connectivity index (χ2v) is 7.99.